The molecule has 0 saturated carbocycles. The maximum Gasteiger partial charge on any atom is 0.130 e. The standard InChI is InChI=1S/C14H25NO3/c1-5-15-8-14-11(3)7-13(18-14)10-17-12(4)9-16-6-2/h7,12,15H,5-6,8-10H2,1-4H3. The lowest BCUT2D eigenvalue weighted by atomic mass is 10.2. The van der Waals surface area contributed by atoms with Gasteiger partial charge >= 0.3 is 0 Å². The lowest BCUT2D eigenvalue weighted by Crippen LogP contribution is -2.15. The van der Waals surface area contributed by atoms with E-state index in [1.54, 1.807) is 0 Å². The van der Waals surface area contributed by atoms with Crippen molar-refractivity contribution in [2.75, 3.05) is 19.8 Å². The van der Waals surface area contributed by atoms with Gasteiger partial charge in [0.2, 0.25) is 0 Å². The zero-order valence-electron chi connectivity index (χ0n) is 11.9. The number of hydrogen-bond donors (Lipinski definition) is 1. The molecule has 4 heteroatoms. The number of nitrogens with one attached hydrogen (secondary N) is 1. The first-order valence-electron chi connectivity index (χ1n) is 6.65. The summed E-state index contributed by atoms with van der Waals surface area (Å²) in [5.74, 6) is 1.87. The Kier molecular flexibility index (Phi) is 7.01. The predicted octanol–water partition coefficient (Wildman–Crippen LogP) is 2.64. The highest BCUT2D eigenvalue weighted by atomic mass is 16.5. The van der Waals surface area contributed by atoms with E-state index in [9.17, 15) is 0 Å². The summed E-state index contributed by atoms with van der Waals surface area (Å²) in [6, 6.07) is 2.04. The van der Waals surface area contributed by atoms with Gasteiger partial charge in [0.05, 0.1) is 19.3 Å². The maximum absolute atomic E-state index is 5.74. The molecule has 1 aromatic rings. The fourth-order valence-electron chi connectivity index (χ4n) is 1.63. The highest BCUT2D eigenvalue weighted by Gasteiger charge is 2.09. The average Bonchev–Trinajstić information content (AvgIpc) is 2.72. The van der Waals surface area contributed by atoms with Crippen molar-refractivity contribution in [3.63, 3.8) is 0 Å². The highest BCUT2D eigenvalue weighted by Crippen LogP contribution is 2.16. The van der Waals surface area contributed by atoms with Gasteiger partial charge in [-0.25, -0.2) is 0 Å². The first kappa shape index (κ1) is 15.2. The minimum absolute atomic E-state index is 0.0903. The molecule has 1 atom stereocenters. The van der Waals surface area contributed by atoms with Crippen LogP contribution in [0.1, 0.15) is 37.9 Å². The lowest BCUT2D eigenvalue weighted by Gasteiger charge is -2.11. The van der Waals surface area contributed by atoms with Crippen molar-refractivity contribution in [3.05, 3.63) is 23.2 Å². The molecule has 4 nitrogen and oxygen atoms in total. The summed E-state index contributed by atoms with van der Waals surface area (Å²) in [4.78, 5) is 0. The van der Waals surface area contributed by atoms with Gasteiger partial charge in [0.25, 0.3) is 0 Å². The van der Waals surface area contributed by atoms with E-state index in [1.807, 2.05) is 19.9 Å². The van der Waals surface area contributed by atoms with Crippen LogP contribution < -0.4 is 5.32 Å². The summed E-state index contributed by atoms with van der Waals surface area (Å²) in [5, 5.41) is 3.26. The van der Waals surface area contributed by atoms with E-state index < -0.39 is 0 Å². The Morgan fingerprint density at radius 3 is 2.83 bits per heavy atom. The Labute approximate surface area is 110 Å². The number of rotatable bonds is 9. The largest absolute Gasteiger partial charge is 0.462 e. The fourth-order valence-corrected chi connectivity index (χ4v) is 1.63. The first-order valence-corrected chi connectivity index (χ1v) is 6.65. The monoisotopic (exact) mass is 255 g/mol. The summed E-state index contributed by atoms with van der Waals surface area (Å²) in [5.41, 5.74) is 1.17. The molecule has 0 bridgehead atoms. The van der Waals surface area contributed by atoms with Gasteiger partial charge in [-0.15, -0.1) is 0 Å². The molecule has 18 heavy (non-hydrogen) atoms. The highest BCUT2D eigenvalue weighted by molar-refractivity contribution is 5.19. The third-order valence-corrected chi connectivity index (χ3v) is 2.67. The van der Waals surface area contributed by atoms with Gasteiger partial charge in [-0.1, -0.05) is 6.92 Å². The van der Waals surface area contributed by atoms with E-state index in [-0.39, 0.29) is 6.10 Å². The van der Waals surface area contributed by atoms with E-state index in [1.165, 1.54) is 5.56 Å². The van der Waals surface area contributed by atoms with Crippen LogP contribution in [0.15, 0.2) is 10.5 Å². The first-order chi connectivity index (χ1) is 8.67. The van der Waals surface area contributed by atoms with Crippen LogP contribution >= 0.6 is 0 Å². The topological polar surface area (TPSA) is 43.6 Å². The van der Waals surface area contributed by atoms with Gasteiger partial charge < -0.3 is 19.2 Å². The molecule has 0 aliphatic carbocycles. The molecule has 0 aromatic carbocycles. The third-order valence-electron chi connectivity index (χ3n) is 2.67. The molecular formula is C14H25NO3. The molecule has 0 saturated heterocycles. The second-order valence-electron chi connectivity index (χ2n) is 4.38. The molecule has 1 heterocycles. The smallest absolute Gasteiger partial charge is 0.130 e. The second-order valence-corrected chi connectivity index (χ2v) is 4.38. The SMILES string of the molecule is CCNCc1oc(COC(C)COCC)cc1C. The van der Waals surface area contributed by atoms with Gasteiger partial charge in [-0.2, -0.15) is 0 Å². The van der Waals surface area contributed by atoms with Crippen molar-refractivity contribution in [2.24, 2.45) is 0 Å². The minimum Gasteiger partial charge on any atom is -0.462 e. The Balaban J connectivity index is 2.38. The maximum atomic E-state index is 5.74. The molecular weight excluding hydrogens is 230 g/mol. The summed E-state index contributed by atoms with van der Waals surface area (Å²) in [6.07, 6.45) is 0.0903. The van der Waals surface area contributed by atoms with Gasteiger partial charge in [0.1, 0.15) is 18.1 Å². The van der Waals surface area contributed by atoms with Crippen LogP contribution in [-0.2, 0) is 22.6 Å². The van der Waals surface area contributed by atoms with Gasteiger partial charge in [-0.05, 0) is 38.9 Å². The van der Waals surface area contributed by atoms with Crippen molar-refractivity contribution < 1.29 is 13.9 Å². The van der Waals surface area contributed by atoms with E-state index in [0.717, 1.165) is 31.2 Å². The van der Waals surface area contributed by atoms with Crippen LogP contribution in [0.5, 0.6) is 0 Å². The number of furan rings is 1. The van der Waals surface area contributed by atoms with E-state index in [2.05, 4.69) is 19.2 Å². The van der Waals surface area contributed by atoms with Crippen molar-refractivity contribution in [1.29, 1.82) is 0 Å². The molecule has 0 spiro atoms. The summed E-state index contributed by atoms with van der Waals surface area (Å²) < 4.78 is 16.7. The fraction of sp³-hybridized carbons (Fsp3) is 0.714. The summed E-state index contributed by atoms with van der Waals surface area (Å²) in [6.45, 7) is 11.7. The normalized spacial score (nSPS) is 12.9. The third kappa shape index (κ3) is 5.21. The quantitative estimate of drug-likeness (QED) is 0.736. The van der Waals surface area contributed by atoms with E-state index in [4.69, 9.17) is 13.9 Å². The van der Waals surface area contributed by atoms with Crippen LogP contribution in [0.25, 0.3) is 0 Å². The van der Waals surface area contributed by atoms with Crippen molar-refractivity contribution >= 4 is 0 Å². The zero-order valence-corrected chi connectivity index (χ0v) is 11.9. The van der Waals surface area contributed by atoms with Gasteiger partial charge in [-0.3, -0.25) is 0 Å². The summed E-state index contributed by atoms with van der Waals surface area (Å²) in [7, 11) is 0. The second kappa shape index (κ2) is 8.29. The lowest BCUT2D eigenvalue weighted by molar-refractivity contribution is -0.0173. The molecule has 0 radical (unpaired) electrons. The molecule has 0 aliphatic rings. The van der Waals surface area contributed by atoms with Crippen LogP contribution in [0.3, 0.4) is 0 Å². The average molecular weight is 255 g/mol. The van der Waals surface area contributed by atoms with Crippen LogP contribution in [-0.4, -0.2) is 25.9 Å². The van der Waals surface area contributed by atoms with Crippen molar-refractivity contribution in [2.45, 2.75) is 47.0 Å². The molecule has 0 aliphatic heterocycles. The van der Waals surface area contributed by atoms with Crippen LogP contribution in [0, 0.1) is 6.92 Å². The molecule has 104 valence electrons. The molecule has 0 fully saturated rings. The van der Waals surface area contributed by atoms with Crippen LogP contribution in [0.2, 0.25) is 0 Å². The number of hydrogen-bond acceptors (Lipinski definition) is 4. The summed E-state index contributed by atoms with van der Waals surface area (Å²) >= 11 is 0. The van der Waals surface area contributed by atoms with Crippen molar-refractivity contribution in [3.8, 4) is 0 Å². The van der Waals surface area contributed by atoms with Gasteiger partial charge in [0.15, 0.2) is 0 Å². The minimum atomic E-state index is 0.0903. The Morgan fingerprint density at radius 1 is 1.39 bits per heavy atom. The zero-order chi connectivity index (χ0) is 13.4. The molecule has 0 amide bonds. The van der Waals surface area contributed by atoms with Gasteiger partial charge in [0, 0.05) is 6.61 Å². The number of ether oxygens (including phenoxy) is 2. The van der Waals surface area contributed by atoms with E-state index >= 15 is 0 Å². The molecule has 1 rings (SSSR count). The van der Waals surface area contributed by atoms with E-state index in [0.29, 0.717) is 13.2 Å². The Hall–Kier alpha value is -0.840. The molecule has 1 unspecified atom stereocenters. The predicted molar refractivity (Wildman–Crippen MR) is 71.6 cm³/mol. The molecule has 1 N–H and O–H groups in total. The molecule has 1 aromatic heterocycles. The van der Waals surface area contributed by atoms with Crippen LogP contribution in [0.4, 0.5) is 0 Å². The Morgan fingerprint density at radius 2 is 2.17 bits per heavy atom. The number of aryl methyl sites for hydroxylation is 1. The van der Waals surface area contributed by atoms with Crippen molar-refractivity contribution in [1.82, 2.24) is 5.32 Å². The Bertz CT molecular complexity index is 336.